The zero-order valence-corrected chi connectivity index (χ0v) is 10.5. The highest BCUT2D eigenvalue weighted by Gasteiger charge is 2.45. The van der Waals surface area contributed by atoms with Crippen molar-refractivity contribution in [3.8, 4) is 0 Å². The second-order valence-corrected chi connectivity index (χ2v) is 4.96. The summed E-state index contributed by atoms with van der Waals surface area (Å²) in [4.78, 5) is 16.1. The molecule has 3 rings (SSSR count). The molecular weight excluding hydrogens is 232 g/mol. The predicted molar refractivity (Wildman–Crippen MR) is 71.0 cm³/mol. The van der Waals surface area contributed by atoms with E-state index in [4.69, 9.17) is 12.2 Å². The van der Waals surface area contributed by atoms with Crippen LogP contribution in [0.1, 0.15) is 18.4 Å². The van der Waals surface area contributed by atoms with Crippen molar-refractivity contribution in [2.24, 2.45) is 0 Å². The van der Waals surface area contributed by atoms with Crippen LogP contribution in [0.4, 0.5) is 5.69 Å². The highest BCUT2D eigenvalue weighted by molar-refractivity contribution is 7.80. The Morgan fingerprint density at radius 3 is 2.82 bits per heavy atom. The minimum atomic E-state index is -0.0119. The maximum Gasteiger partial charge on any atom is 0.256 e. The van der Waals surface area contributed by atoms with E-state index in [1.807, 2.05) is 31.2 Å². The molecule has 0 N–H and O–H groups in total. The molecule has 0 aromatic heterocycles. The lowest BCUT2D eigenvalue weighted by molar-refractivity contribution is -0.119. The summed E-state index contributed by atoms with van der Waals surface area (Å²) in [7, 11) is 0. The molecule has 0 saturated carbocycles. The summed E-state index contributed by atoms with van der Waals surface area (Å²) in [5.74, 6) is 0.141. The first-order valence-electron chi connectivity index (χ1n) is 5.90. The molecule has 0 bridgehead atoms. The van der Waals surface area contributed by atoms with Crippen LogP contribution in [0, 0.1) is 6.92 Å². The fourth-order valence-electron chi connectivity index (χ4n) is 2.66. The van der Waals surface area contributed by atoms with E-state index in [1.165, 1.54) is 0 Å². The van der Waals surface area contributed by atoms with Gasteiger partial charge in [-0.1, -0.05) is 18.2 Å². The molecule has 1 amide bonds. The number of rotatable bonds is 1. The number of para-hydroxylation sites is 1. The second kappa shape index (κ2) is 3.81. The Hall–Kier alpha value is -1.42. The lowest BCUT2D eigenvalue weighted by Crippen LogP contribution is -2.33. The number of hydrogen-bond acceptors (Lipinski definition) is 2. The van der Waals surface area contributed by atoms with Crippen molar-refractivity contribution in [3.63, 3.8) is 0 Å². The van der Waals surface area contributed by atoms with E-state index in [-0.39, 0.29) is 11.9 Å². The van der Waals surface area contributed by atoms with Crippen molar-refractivity contribution < 1.29 is 4.79 Å². The SMILES string of the molecule is Cc1ccccc1N1C(=O)[C@@H]2CCCN2C1=S. The van der Waals surface area contributed by atoms with E-state index in [0.29, 0.717) is 5.11 Å². The molecule has 3 nitrogen and oxygen atoms in total. The molecule has 0 radical (unpaired) electrons. The van der Waals surface area contributed by atoms with Gasteiger partial charge in [0.15, 0.2) is 5.11 Å². The minimum Gasteiger partial charge on any atom is -0.336 e. The summed E-state index contributed by atoms with van der Waals surface area (Å²) in [6.45, 7) is 2.92. The first-order chi connectivity index (χ1) is 8.20. The monoisotopic (exact) mass is 246 g/mol. The quantitative estimate of drug-likeness (QED) is 0.709. The van der Waals surface area contributed by atoms with E-state index < -0.39 is 0 Å². The van der Waals surface area contributed by atoms with Gasteiger partial charge in [-0.25, -0.2) is 0 Å². The summed E-state index contributed by atoms with van der Waals surface area (Å²) in [6.07, 6.45) is 2.00. The molecule has 1 aromatic rings. The number of hydrogen-bond donors (Lipinski definition) is 0. The standard InChI is InChI=1S/C13H14N2OS/c1-9-5-2-3-6-10(9)15-12(16)11-7-4-8-14(11)13(15)17/h2-3,5-6,11H,4,7-8H2,1H3/t11-/m0/s1. The van der Waals surface area contributed by atoms with Gasteiger partial charge >= 0.3 is 0 Å². The van der Waals surface area contributed by atoms with Crippen LogP contribution in [-0.2, 0) is 4.79 Å². The predicted octanol–water partition coefficient (Wildman–Crippen LogP) is 2.09. The molecule has 1 aromatic carbocycles. The van der Waals surface area contributed by atoms with Crippen molar-refractivity contribution in [1.82, 2.24) is 4.90 Å². The van der Waals surface area contributed by atoms with Crippen LogP contribution in [0.2, 0.25) is 0 Å². The van der Waals surface area contributed by atoms with Crippen LogP contribution in [0.3, 0.4) is 0 Å². The average Bonchev–Trinajstić information content (AvgIpc) is 2.87. The zero-order valence-electron chi connectivity index (χ0n) is 9.72. The van der Waals surface area contributed by atoms with Crippen molar-refractivity contribution in [2.75, 3.05) is 11.4 Å². The summed E-state index contributed by atoms with van der Waals surface area (Å²) in [5.41, 5.74) is 2.02. The lowest BCUT2D eigenvalue weighted by atomic mass is 10.1. The third-order valence-electron chi connectivity index (χ3n) is 3.55. The van der Waals surface area contributed by atoms with E-state index in [9.17, 15) is 4.79 Å². The van der Waals surface area contributed by atoms with Crippen LogP contribution in [-0.4, -0.2) is 28.5 Å². The minimum absolute atomic E-state index is 0.0119. The number of carbonyl (C=O) groups excluding carboxylic acids is 1. The fraction of sp³-hybridized carbons (Fsp3) is 0.385. The highest BCUT2D eigenvalue weighted by atomic mass is 32.1. The third-order valence-corrected chi connectivity index (χ3v) is 3.97. The van der Waals surface area contributed by atoms with Crippen molar-refractivity contribution in [2.45, 2.75) is 25.8 Å². The molecule has 4 heteroatoms. The van der Waals surface area contributed by atoms with Gasteiger partial charge in [-0.2, -0.15) is 0 Å². The first kappa shape index (κ1) is 10.7. The van der Waals surface area contributed by atoms with Gasteiger partial charge in [0, 0.05) is 6.54 Å². The maximum absolute atomic E-state index is 12.3. The van der Waals surface area contributed by atoms with Crippen molar-refractivity contribution in [3.05, 3.63) is 29.8 Å². The van der Waals surface area contributed by atoms with Gasteiger partial charge in [0.25, 0.3) is 5.91 Å². The molecule has 0 aliphatic carbocycles. The number of thiocarbonyl (C=S) groups is 1. The largest absolute Gasteiger partial charge is 0.336 e. The third kappa shape index (κ3) is 1.47. The van der Waals surface area contributed by atoms with Crippen LogP contribution in [0.25, 0.3) is 0 Å². The van der Waals surface area contributed by atoms with E-state index >= 15 is 0 Å². The number of anilines is 1. The second-order valence-electron chi connectivity index (χ2n) is 4.59. The topological polar surface area (TPSA) is 23.6 Å². The summed E-state index contributed by atoms with van der Waals surface area (Å²) >= 11 is 5.43. The molecule has 1 atom stereocenters. The van der Waals surface area contributed by atoms with Gasteiger partial charge in [0.2, 0.25) is 0 Å². The van der Waals surface area contributed by atoms with E-state index in [2.05, 4.69) is 4.90 Å². The molecule has 17 heavy (non-hydrogen) atoms. The maximum atomic E-state index is 12.3. The highest BCUT2D eigenvalue weighted by Crippen LogP contribution is 2.32. The normalized spacial score (nSPS) is 23.5. The van der Waals surface area contributed by atoms with Gasteiger partial charge < -0.3 is 4.90 Å². The summed E-state index contributed by atoms with van der Waals surface area (Å²) in [6, 6.07) is 7.88. The molecule has 2 heterocycles. The zero-order chi connectivity index (χ0) is 12.0. The number of amides is 1. The van der Waals surface area contributed by atoms with Crippen molar-refractivity contribution in [1.29, 1.82) is 0 Å². The molecule has 2 aliphatic rings. The molecule has 0 unspecified atom stereocenters. The number of benzene rings is 1. The number of nitrogens with zero attached hydrogens (tertiary/aromatic N) is 2. The number of fused-ring (bicyclic) bond motifs is 1. The van der Waals surface area contributed by atoms with Crippen LogP contribution in [0.15, 0.2) is 24.3 Å². The first-order valence-corrected chi connectivity index (χ1v) is 6.31. The van der Waals surface area contributed by atoms with Crippen LogP contribution < -0.4 is 4.90 Å². The van der Waals surface area contributed by atoms with Gasteiger partial charge in [0.05, 0.1) is 5.69 Å². The van der Waals surface area contributed by atoms with Gasteiger partial charge in [-0.3, -0.25) is 9.69 Å². The van der Waals surface area contributed by atoms with Crippen LogP contribution >= 0.6 is 12.2 Å². The van der Waals surface area contributed by atoms with Gasteiger partial charge in [0.1, 0.15) is 6.04 Å². The molecule has 2 fully saturated rings. The Bertz CT molecular complexity index is 478. The number of aryl methyl sites for hydroxylation is 1. The Morgan fingerprint density at radius 2 is 2.12 bits per heavy atom. The average molecular weight is 246 g/mol. The molecule has 88 valence electrons. The Labute approximate surface area is 106 Å². The molecule has 2 aliphatic heterocycles. The summed E-state index contributed by atoms with van der Waals surface area (Å²) in [5, 5.41) is 0.673. The Balaban J connectivity index is 2.03. The van der Waals surface area contributed by atoms with Gasteiger partial charge in [-0.15, -0.1) is 0 Å². The van der Waals surface area contributed by atoms with E-state index in [0.717, 1.165) is 30.6 Å². The Morgan fingerprint density at radius 1 is 1.35 bits per heavy atom. The fourth-order valence-corrected chi connectivity index (χ4v) is 3.07. The summed E-state index contributed by atoms with van der Waals surface area (Å²) < 4.78 is 0. The molecular formula is C13H14N2OS. The Kier molecular flexibility index (Phi) is 2.40. The van der Waals surface area contributed by atoms with Crippen LogP contribution in [0.5, 0.6) is 0 Å². The van der Waals surface area contributed by atoms with E-state index in [1.54, 1.807) is 4.90 Å². The van der Waals surface area contributed by atoms with Gasteiger partial charge in [-0.05, 0) is 43.6 Å². The molecule has 2 saturated heterocycles. The molecule has 0 spiro atoms. The lowest BCUT2D eigenvalue weighted by Gasteiger charge is -2.20. The number of carbonyl (C=O) groups is 1. The van der Waals surface area contributed by atoms with Crippen molar-refractivity contribution >= 4 is 28.9 Å². The smallest absolute Gasteiger partial charge is 0.256 e.